The lowest BCUT2D eigenvalue weighted by Crippen LogP contribution is -2.44. The molecule has 0 fully saturated rings. The molecule has 0 bridgehead atoms. The van der Waals surface area contributed by atoms with E-state index in [1.165, 1.54) is 0 Å². The second kappa shape index (κ2) is 7.18. The van der Waals surface area contributed by atoms with Crippen LogP contribution in [0.5, 0.6) is 0 Å². The number of aliphatic hydroxyl groups is 1. The molecule has 0 aliphatic rings. The van der Waals surface area contributed by atoms with Gasteiger partial charge in [0, 0.05) is 12.0 Å². The molecule has 0 saturated heterocycles. The molecule has 1 rings (SSSR count). The van der Waals surface area contributed by atoms with E-state index in [1.54, 1.807) is 11.3 Å². The number of rotatable bonds is 6. The molecule has 0 radical (unpaired) electrons. The first-order valence-corrected chi connectivity index (χ1v) is 11.2. The van der Waals surface area contributed by atoms with E-state index >= 15 is 0 Å². The van der Waals surface area contributed by atoms with Gasteiger partial charge in [-0.1, -0.05) is 20.8 Å². The predicted octanol–water partition coefficient (Wildman–Crippen LogP) is 4.63. The van der Waals surface area contributed by atoms with Gasteiger partial charge in [-0.25, -0.2) is 4.98 Å². The topological polar surface area (TPSA) is 42.4 Å². The lowest BCUT2D eigenvalue weighted by atomic mass is 10.1. The van der Waals surface area contributed by atoms with Gasteiger partial charge in [0.2, 0.25) is 0 Å². The highest BCUT2D eigenvalue weighted by molar-refractivity contribution is 7.09. The van der Waals surface area contributed by atoms with Crippen molar-refractivity contribution in [2.45, 2.75) is 65.3 Å². The van der Waals surface area contributed by atoms with Crippen LogP contribution in [-0.2, 0) is 4.43 Å². The van der Waals surface area contributed by atoms with Crippen LogP contribution in [0.15, 0.2) is 11.0 Å². The van der Waals surface area contributed by atoms with Crippen molar-refractivity contribution in [1.82, 2.24) is 4.98 Å². The number of aromatic nitrogens is 1. The lowest BCUT2D eigenvalue weighted by molar-refractivity contribution is 0.166. The molecule has 0 aliphatic carbocycles. The average molecular weight is 328 g/mol. The summed E-state index contributed by atoms with van der Waals surface area (Å²) >= 11 is 1.65. The zero-order chi connectivity index (χ0) is 16.3. The van der Waals surface area contributed by atoms with Gasteiger partial charge in [-0.3, -0.25) is 0 Å². The van der Waals surface area contributed by atoms with Crippen LogP contribution in [0.3, 0.4) is 0 Å². The third-order valence-electron chi connectivity index (χ3n) is 4.15. The van der Waals surface area contributed by atoms with E-state index in [0.29, 0.717) is 6.42 Å². The van der Waals surface area contributed by atoms with E-state index < -0.39 is 8.32 Å². The van der Waals surface area contributed by atoms with Crippen LogP contribution in [0.1, 0.15) is 44.8 Å². The lowest BCUT2D eigenvalue weighted by Gasteiger charge is -2.39. The minimum atomic E-state index is -1.85. The second-order valence-corrected chi connectivity index (χ2v) is 12.9. The van der Waals surface area contributed by atoms with Gasteiger partial charge in [0.15, 0.2) is 8.32 Å². The fourth-order valence-electron chi connectivity index (χ4n) is 1.80. The van der Waals surface area contributed by atoms with E-state index in [4.69, 9.17) is 4.43 Å². The minimum absolute atomic E-state index is 0.0297. The Morgan fingerprint density at radius 3 is 2.52 bits per heavy atom. The number of hydrogen-bond acceptors (Lipinski definition) is 4. The van der Waals surface area contributed by atoms with Crippen LogP contribution in [0, 0.1) is 6.92 Å². The summed E-state index contributed by atoms with van der Waals surface area (Å²) in [7, 11) is -1.85. The molecule has 1 atom stereocenters. The molecule has 120 valence electrons. The number of hydrogen-bond donors (Lipinski definition) is 1. The molecule has 3 nitrogen and oxygen atoms in total. The Bertz CT molecular complexity index is 489. The summed E-state index contributed by atoms with van der Waals surface area (Å²) in [6, 6.07) is 0. The largest absolute Gasteiger partial charge is 0.410 e. The zero-order valence-corrected chi connectivity index (χ0v) is 16.2. The number of thiazole rings is 1. The first-order chi connectivity index (χ1) is 9.56. The first kappa shape index (κ1) is 18.6. The van der Waals surface area contributed by atoms with Gasteiger partial charge in [0.25, 0.3) is 0 Å². The van der Waals surface area contributed by atoms with E-state index in [-0.39, 0.29) is 17.7 Å². The van der Waals surface area contributed by atoms with Crippen molar-refractivity contribution in [2.75, 3.05) is 6.61 Å². The zero-order valence-electron chi connectivity index (χ0n) is 14.4. The normalized spacial score (nSPS) is 15.3. The maximum atomic E-state index is 9.35. The smallest absolute Gasteiger partial charge is 0.192 e. The third kappa shape index (κ3) is 5.33. The summed E-state index contributed by atoms with van der Waals surface area (Å²) in [5, 5.41) is 12.6. The molecule has 0 aliphatic heterocycles. The summed E-state index contributed by atoms with van der Waals surface area (Å²) in [6.45, 7) is 15.4. The summed E-state index contributed by atoms with van der Waals surface area (Å²) in [6.07, 6.45) is 2.69. The first-order valence-electron chi connectivity index (χ1n) is 7.46. The van der Waals surface area contributed by atoms with Crippen LogP contribution in [0.25, 0.3) is 6.08 Å². The van der Waals surface area contributed by atoms with E-state index in [2.05, 4.69) is 57.2 Å². The Hall–Kier alpha value is -0.493. The second-order valence-electron chi connectivity index (χ2n) is 7.06. The molecular weight excluding hydrogens is 298 g/mol. The van der Waals surface area contributed by atoms with Crippen LogP contribution in [-0.4, -0.2) is 31.1 Å². The highest BCUT2D eigenvalue weighted by Gasteiger charge is 2.39. The maximum Gasteiger partial charge on any atom is 0.192 e. The number of aryl methyl sites for hydroxylation is 1. The van der Waals surface area contributed by atoms with Gasteiger partial charge < -0.3 is 9.53 Å². The Morgan fingerprint density at radius 2 is 2.10 bits per heavy atom. The monoisotopic (exact) mass is 327 g/mol. The summed E-state index contributed by atoms with van der Waals surface area (Å²) < 4.78 is 6.47. The van der Waals surface area contributed by atoms with Gasteiger partial charge in [-0.2, -0.15) is 0 Å². The SMILES string of the molecule is C/C(=C\c1csc(C)n1)[C@H](CCO)O[Si](C)(C)C(C)(C)C. The summed E-state index contributed by atoms with van der Waals surface area (Å²) in [5.74, 6) is 0. The van der Waals surface area contributed by atoms with Crippen molar-refractivity contribution in [3.8, 4) is 0 Å². The Kier molecular flexibility index (Phi) is 6.34. The highest BCUT2D eigenvalue weighted by atomic mass is 32.1. The van der Waals surface area contributed by atoms with Crippen LogP contribution in [0.2, 0.25) is 18.1 Å². The van der Waals surface area contributed by atoms with Crippen molar-refractivity contribution in [2.24, 2.45) is 0 Å². The molecule has 0 saturated carbocycles. The van der Waals surface area contributed by atoms with Crippen molar-refractivity contribution >= 4 is 25.7 Å². The molecule has 1 aromatic rings. The molecule has 0 aromatic carbocycles. The predicted molar refractivity (Wildman–Crippen MR) is 94.3 cm³/mol. The van der Waals surface area contributed by atoms with E-state index in [9.17, 15) is 5.11 Å². The highest BCUT2D eigenvalue weighted by Crippen LogP contribution is 2.38. The molecule has 21 heavy (non-hydrogen) atoms. The van der Waals surface area contributed by atoms with Crippen molar-refractivity contribution in [3.05, 3.63) is 21.7 Å². The van der Waals surface area contributed by atoms with Gasteiger partial charge in [0.1, 0.15) is 0 Å². The Morgan fingerprint density at radius 1 is 1.48 bits per heavy atom. The minimum Gasteiger partial charge on any atom is -0.410 e. The van der Waals surface area contributed by atoms with E-state index in [0.717, 1.165) is 16.3 Å². The number of nitrogens with zero attached hydrogens (tertiary/aromatic N) is 1. The molecule has 0 unspecified atom stereocenters. The average Bonchev–Trinajstić information content (AvgIpc) is 2.72. The van der Waals surface area contributed by atoms with Gasteiger partial charge in [-0.15, -0.1) is 11.3 Å². The quantitative estimate of drug-likeness (QED) is 0.775. The van der Waals surface area contributed by atoms with Gasteiger partial charge >= 0.3 is 0 Å². The molecule has 1 N–H and O–H groups in total. The molecule has 0 spiro atoms. The maximum absolute atomic E-state index is 9.35. The van der Waals surface area contributed by atoms with Gasteiger partial charge in [0.05, 0.1) is 16.8 Å². The fraction of sp³-hybridized carbons (Fsp3) is 0.688. The molecular formula is C16H29NO2SSi. The van der Waals surface area contributed by atoms with Crippen molar-refractivity contribution < 1.29 is 9.53 Å². The number of aliphatic hydroxyl groups excluding tert-OH is 1. The van der Waals surface area contributed by atoms with Crippen LogP contribution < -0.4 is 0 Å². The van der Waals surface area contributed by atoms with Crippen LogP contribution in [0.4, 0.5) is 0 Å². The Labute approximate surface area is 134 Å². The fourth-order valence-corrected chi connectivity index (χ4v) is 3.74. The van der Waals surface area contributed by atoms with Crippen molar-refractivity contribution in [3.63, 3.8) is 0 Å². The van der Waals surface area contributed by atoms with Gasteiger partial charge in [-0.05, 0) is 50.0 Å². The molecule has 5 heteroatoms. The Balaban J connectivity index is 2.93. The standard InChI is InChI=1S/C16H29NO2SSi/c1-12(10-14-11-20-13(2)17-14)15(8-9-18)19-21(6,7)16(3,4)5/h10-11,15,18H,8-9H2,1-7H3/b12-10+/t15-/m0/s1. The third-order valence-corrected chi connectivity index (χ3v) is 9.43. The van der Waals surface area contributed by atoms with Crippen molar-refractivity contribution in [1.29, 1.82) is 0 Å². The molecule has 1 heterocycles. The molecule has 0 amide bonds. The summed E-state index contributed by atoms with van der Waals surface area (Å²) in [5.41, 5.74) is 2.12. The summed E-state index contributed by atoms with van der Waals surface area (Å²) in [4.78, 5) is 4.47. The van der Waals surface area contributed by atoms with Crippen LogP contribution >= 0.6 is 11.3 Å². The van der Waals surface area contributed by atoms with E-state index in [1.807, 2.05) is 6.92 Å². The molecule has 1 aromatic heterocycles.